The summed E-state index contributed by atoms with van der Waals surface area (Å²) in [7, 11) is 3.43. The molecular weight excluding hydrogens is 314 g/mol. The zero-order valence-corrected chi connectivity index (χ0v) is 14.8. The molecule has 1 saturated heterocycles. The van der Waals surface area contributed by atoms with Crippen LogP contribution in [0.2, 0.25) is 0 Å². The summed E-state index contributed by atoms with van der Waals surface area (Å²) in [5.74, 6) is 1.44. The number of aliphatic imine (C=N–C) groups is 1. The number of rotatable bonds is 5. The number of hydrogen-bond donors (Lipinski definition) is 2. The average molecular weight is 339 g/mol. The van der Waals surface area contributed by atoms with Crippen LogP contribution in [0.3, 0.4) is 0 Å². The van der Waals surface area contributed by atoms with Gasteiger partial charge >= 0.3 is 0 Å². The van der Waals surface area contributed by atoms with Gasteiger partial charge in [0, 0.05) is 50.2 Å². The van der Waals surface area contributed by atoms with Crippen LogP contribution < -0.4 is 20.3 Å². The van der Waals surface area contributed by atoms with Crippen molar-refractivity contribution in [1.29, 1.82) is 0 Å². The van der Waals surface area contributed by atoms with E-state index in [9.17, 15) is 0 Å². The van der Waals surface area contributed by atoms with Crippen LogP contribution in [0.15, 0.2) is 53.7 Å². The van der Waals surface area contributed by atoms with Gasteiger partial charge in [-0.25, -0.2) is 4.98 Å². The third-order valence-corrected chi connectivity index (χ3v) is 4.36. The van der Waals surface area contributed by atoms with Crippen molar-refractivity contribution in [2.24, 2.45) is 4.99 Å². The summed E-state index contributed by atoms with van der Waals surface area (Å²) in [6, 6.07) is 14.8. The fourth-order valence-corrected chi connectivity index (χ4v) is 3.06. The molecule has 1 fully saturated rings. The van der Waals surface area contributed by atoms with Crippen LogP contribution in [0.25, 0.3) is 0 Å². The summed E-state index contributed by atoms with van der Waals surface area (Å²) < 4.78 is 5.29. The lowest BCUT2D eigenvalue weighted by Crippen LogP contribution is -2.44. The number of methoxy groups -OCH3 is 1. The van der Waals surface area contributed by atoms with Gasteiger partial charge in [0.25, 0.3) is 0 Å². The minimum atomic E-state index is 0.377. The maximum absolute atomic E-state index is 5.29. The second-order valence-corrected chi connectivity index (χ2v) is 6.01. The zero-order valence-electron chi connectivity index (χ0n) is 14.8. The van der Waals surface area contributed by atoms with Gasteiger partial charge in [0.15, 0.2) is 5.96 Å². The molecule has 2 aromatic rings. The topological polar surface area (TPSA) is 61.8 Å². The molecule has 1 atom stereocenters. The molecule has 1 unspecified atom stereocenters. The largest absolute Gasteiger partial charge is 0.481 e. The highest BCUT2D eigenvalue weighted by Crippen LogP contribution is 2.19. The van der Waals surface area contributed by atoms with Gasteiger partial charge in [0.2, 0.25) is 5.88 Å². The van der Waals surface area contributed by atoms with Crippen molar-refractivity contribution in [2.45, 2.75) is 19.0 Å². The molecule has 0 bridgehead atoms. The number of benzene rings is 1. The number of anilines is 1. The first-order chi connectivity index (χ1) is 12.3. The monoisotopic (exact) mass is 339 g/mol. The molecule has 0 spiro atoms. The highest BCUT2D eigenvalue weighted by molar-refractivity contribution is 5.80. The molecular formula is C19H25N5O. The van der Waals surface area contributed by atoms with E-state index in [-0.39, 0.29) is 0 Å². The third-order valence-electron chi connectivity index (χ3n) is 4.36. The number of hydrogen-bond acceptors (Lipinski definition) is 4. The van der Waals surface area contributed by atoms with E-state index in [1.54, 1.807) is 20.4 Å². The minimum absolute atomic E-state index is 0.377. The summed E-state index contributed by atoms with van der Waals surface area (Å²) in [6.45, 7) is 2.64. The first-order valence-corrected chi connectivity index (χ1v) is 8.55. The van der Waals surface area contributed by atoms with E-state index in [0.29, 0.717) is 18.5 Å². The molecule has 132 valence electrons. The van der Waals surface area contributed by atoms with Gasteiger partial charge in [0.05, 0.1) is 7.11 Å². The van der Waals surface area contributed by atoms with E-state index in [4.69, 9.17) is 4.74 Å². The van der Waals surface area contributed by atoms with Gasteiger partial charge in [-0.1, -0.05) is 24.3 Å². The fourth-order valence-electron chi connectivity index (χ4n) is 3.06. The van der Waals surface area contributed by atoms with Crippen LogP contribution >= 0.6 is 0 Å². The summed E-state index contributed by atoms with van der Waals surface area (Å²) in [5.41, 5.74) is 2.28. The Morgan fingerprint density at radius 1 is 1.28 bits per heavy atom. The maximum atomic E-state index is 5.29. The van der Waals surface area contributed by atoms with Gasteiger partial charge in [-0.3, -0.25) is 4.99 Å². The predicted molar refractivity (Wildman–Crippen MR) is 101 cm³/mol. The Bertz CT molecular complexity index is 704. The smallest absolute Gasteiger partial charge is 0.218 e. The quantitative estimate of drug-likeness (QED) is 0.645. The Kier molecular flexibility index (Phi) is 5.72. The second kappa shape index (κ2) is 8.37. The lowest BCUT2D eigenvalue weighted by Gasteiger charge is -2.20. The van der Waals surface area contributed by atoms with E-state index >= 15 is 0 Å². The highest BCUT2D eigenvalue weighted by atomic mass is 16.5. The predicted octanol–water partition coefficient (Wildman–Crippen LogP) is 2.03. The number of nitrogens with zero attached hydrogens (tertiary/aromatic N) is 3. The molecule has 1 aliphatic rings. The Labute approximate surface area is 148 Å². The van der Waals surface area contributed by atoms with E-state index in [1.807, 2.05) is 18.2 Å². The number of pyridine rings is 1. The van der Waals surface area contributed by atoms with Crippen molar-refractivity contribution >= 4 is 11.6 Å². The van der Waals surface area contributed by atoms with Crippen LogP contribution in [0.4, 0.5) is 5.69 Å². The summed E-state index contributed by atoms with van der Waals surface area (Å²) in [4.78, 5) is 11.0. The zero-order chi connectivity index (χ0) is 17.5. The highest BCUT2D eigenvalue weighted by Gasteiger charge is 2.23. The molecule has 6 heteroatoms. The molecule has 3 rings (SSSR count). The van der Waals surface area contributed by atoms with Crippen molar-refractivity contribution in [3.05, 3.63) is 54.2 Å². The number of aromatic nitrogens is 1. The SMILES string of the molecule is CN=C(NCc1cccnc1OC)NC1CCN(c2ccccc2)C1. The van der Waals surface area contributed by atoms with Crippen LogP contribution in [0.5, 0.6) is 5.88 Å². The van der Waals surface area contributed by atoms with Gasteiger partial charge in [-0.05, 0) is 24.6 Å². The fraction of sp³-hybridized carbons (Fsp3) is 0.368. The molecule has 1 aromatic carbocycles. The number of guanidine groups is 1. The Hall–Kier alpha value is -2.76. The molecule has 2 heterocycles. The molecule has 0 saturated carbocycles. The first kappa shape index (κ1) is 17.1. The Morgan fingerprint density at radius 3 is 2.88 bits per heavy atom. The van der Waals surface area contributed by atoms with Crippen molar-refractivity contribution in [2.75, 3.05) is 32.1 Å². The first-order valence-electron chi connectivity index (χ1n) is 8.55. The van der Waals surface area contributed by atoms with Gasteiger partial charge < -0.3 is 20.3 Å². The lowest BCUT2D eigenvalue weighted by molar-refractivity contribution is 0.392. The molecule has 0 radical (unpaired) electrons. The van der Waals surface area contributed by atoms with Crippen LogP contribution in [0, 0.1) is 0 Å². The van der Waals surface area contributed by atoms with Crippen LogP contribution in [0.1, 0.15) is 12.0 Å². The van der Waals surface area contributed by atoms with Crippen molar-refractivity contribution in [1.82, 2.24) is 15.6 Å². The Balaban J connectivity index is 1.53. The van der Waals surface area contributed by atoms with E-state index in [2.05, 4.69) is 49.8 Å². The summed E-state index contributed by atoms with van der Waals surface area (Å²) in [5, 5.41) is 6.85. The second-order valence-electron chi connectivity index (χ2n) is 6.01. The summed E-state index contributed by atoms with van der Waals surface area (Å²) in [6.07, 6.45) is 2.82. The van der Waals surface area contributed by atoms with Crippen molar-refractivity contribution in [3.8, 4) is 5.88 Å². The van der Waals surface area contributed by atoms with E-state index in [0.717, 1.165) is 31.0 Å². The van der Waals surface area contributed by atoms with Gasteiger partial charge in [0.1, 0.15) is 0 Å². The van der Waals surface area contributed by atoms with Gasteiger partial charge in [-0.2, -0.15) is 0 Å². The van der Waals surface area contributed by atoms with Crippen molar-refractivity contribution < 1.29 is 4.74 Å². The average Bonchev–Trinajstić information content (AvgIpc) is 3.14. The standard InChI is InChI=1S/C19H25N5O/c1-20-19(22-13-15-7-6-11-21-18(15)25-2)23-16-10-12-24(14-16)17-8-4-3-5-9-17/h3-9,11,16H,10,12-14H2,1-2H3,(H2,20,22,23). The minimum Gasteiger partial charge on any atom is -0.481 e. The van der Waals surface area contributed by atoms with Gasteiger partial charge in [-0.15, -0.1) is 0 Å². The van der Waals surface area contributed by atoms with Crippen LogP contribution in [-0.2, 0) is 6.54 Å². The number of ether oxygens (including phenoxy) is 1. The third kappa shape index (κ3) is 4.41. The summed E-state index contributed by atoms with van der Waals surface area (Å²) >= 11 is 0. The molecule has 1 aliphatic heterocycles. The lowest BCUT2D eigenvalue weighted by atomic mass is 10.2. The number of nitrogens with one attached hydrogen (secondary N) is 2. The molecule has 6 nitrogen and oxygen atoms in total. The molecule has 25 heavy (non-hydrogen) atoms. The maximum Gasteiger partial charge on any atom is 0.218 e. The molecule has 0 amide bonds. The van der Waals surface area contributed by atoms with Crippen molar-refractivity contribution in [3.63, 3.8) is 0 Å². The Morgan fingerprint density at radius 2 is 2.12 bits per heavy atom. The van der Waals surface area contributed by atoms with Crippen LogP contribution in [-0.4, -0.2) is 44.2 Å². The molecule has 1 aromatic heterocycles. The molecule has 2 N–H and O–H groups in total. The number of para-hydroxylation sites is 1. The van der Waals surface area contributed by atoms with E-state index in [1.165, 1.54) is 5.69 Å². The molecule has 0 aliphatic carbocycles. The normalized spacial score (nSPS) is 17.4. The van der Waals surface area contributed by atoms with E-state index < -0.39 is 0 Å².